The summed E-state index contributed by atoms with van der Waals surface area (Å²) < 4.78 is 0. The van der Waals surface area contributed by atoms with E-state index in [-0.39, 0.29) is 17.0 Å². The molecule has 1 saturated heterocycles. The highest BCUT2D eigenvalue weighted by Crippen LogP contribution is 2.19. The van der Waals surface area contributed by atoms with Crippen LogP contribution >= 0.6 is 11.6 Å². The maximum Gasteiger partial charge on any atom is 0.233 e. The molecule has 8 heteroatoms. The zero-order chi connectivity index (χ0) is 13.9. The van der Waals surface area contributed by atoms with E-state index in [0.717, 1.165) is 25.9 Å². The quantitative estimate of drug-likeness (QED) is 0.740. The fraction of sp³-hybridized carbons (Fsp3) is 0.500. The van der Waals surface area contributed by atoms with Crippen molar-refractivity contribution in [3.63, 3.8) is 0 Å². The number of hydrogen-bond acceptors (Lipinski definition) is 5. The molecule has 0 spiro atoms. The molecule has 1 atom stereocenters. The minimum Gasteiger partial charge on any atom is -0.341 e. The molecule has 2 aromatic heterocycles. The van der Waals surface area contributed by atoms with Crippen LogP contribution in [-0.4, -0.2) is 38.9 Å². The van der Waals surface area contributed by atoms with Crippen LogP contribution in [-0.2, 0) is 4.79 Å². The number of halogens is 1. The van der Waals surface area contributed by atoms with Crippen LogP contribution in [0.3, 0.4) is 0 Å². The summed E-state index contributed by atoms with van der Waals surface area (Å²) in [6, 6.07) is 0. The fourth-order valence-corrected chi connectivity index (χ4v) is 2.56. The van der Waals surface area contributed by atoms with Crippen LogP contribution < -0.4 is 10.6 Å². The summed E-state index contributed by atoms with van der Waals surface area (Å²) in [4.78, 5) is 26.9. The number of hydrogen-bond donors (Lipinski definition) is 3. The molecule has 3 rings (SSSR count). The minimum absolute atomic E-state index is 0.0946. The molecular weight excluding hydrogens is 280 g/mol. The molecule has 3 heterocycles. The first-order valence-corrected chi connectivity index (χ1v) is 6.97. The highest BCUT2D eigenvalue weighted by Gasteiger charge is 2.16. The monoisotopic (exact) mass is 294 g/mol. The van der Waals surface area contributed by atoms with Crippen molar-refractivity contribution in [2.45, 2.75) is 19.3 Å². The van der Waals surface area contributed by atoms with Gasteiger partial charge >= 0.3 is 0 Å². The first-order chi connectivity index (χ1) is 9.72. The van der Waals surface area contributed by atoms with Crippen molar-refractivity contribution < 1.29 is 4.79 Å². The number of nitrogens with one attached hydrogen (secondary N) is 3. The molecule has 0 bridgehead atoms. The number of anilines is 1. The van der Waals surface area contributed by atoms with Crippen molar-refractivity contribution in [2.24, 2.45) is 5.92 Å². The SMILES string of the molecule is O=C(CCC1CCNC1)Nc1nc(Cl)c2[nH]cnc2n1. The van der Waals surface area contributed by atoms with Gasteiger partial charge in [0, 0.05) is 6.42 Å². The number of rotatable bonds is 4. The van der Waals surface area contributed by atoms with Crippen LogP contribution in [0.2, 0.25) is 5.15 Å². The molecule has 0 aromatic carbocycles. The van der Waals surface area contributed by atoms with E-state index in [0.29, 0.717) is 23.5 Å². The average molecular weight is 295 g/mol. The second kappa shape index (κ2) is 5.72. The van der Waals surface area contributed by atoms with Gasteiger partial charge in [0.2, 0.25) is 11.9 Å². The van der Waals surface area contributed by atoms with Gasteiger partial charge in [0.1, 0.15) is 5.52 Å². The lowest BCUT2D eigenvalue weighted by molar-refractivity contribution is -0.116. The number of carbonyl (C=O) groups is 1. The summed E-state index contributed by atoms with van der Waals surface area (Å²) >= 11 is 5.99. The van der Waals surface area contributed by atoms with E-state index in [1.165, 1.54) is 6.33 Å². The Morgan fingerprint density at radius 3 is 3.20 bits per heavy atom. The maximum atomic E-state index is 11.9. The van der Waals surface area contributed by atoms with Crippen molar-refractivity contribution in [1.82, 2.24) is 25.3 Å². The first kappa shape index (κ1) is 13.3. The Morgan fingerprint density at radius 1 is 1.50 bits per heavy atom. The molecule has 0 radical (unpaired) electrons. The van der Waals surface area contributed by atoms with Gasteiger partial charge in [-0.15, -0.1) is 0 Å². The summed E-state index contributed by atoms with van der Waals surface area (Å²) in [6.45, 7) is 2.04. The van der Waals surface area contributed by atoms with Crippen LogP contribution in [0, 0.1) is 5.92 Å². The van der Waals surface area contributed by atoms with Crippen LogP contribution in [0.15, 0.2) is 6.33 Å². The molecule has 1 aliphatic heterocycles. The van der Waals surface area contributed by atoms with Crippen molar-refractivity contribution in [3.05, 3.63) is 11.5 Å². The van der Waals surface area contributed by atoms with Crippen molar-refractivity contribution in [1.29, 1.82) is 0 Å². The summed E-state index contributed by atoms with van der Waals surface area (Å²) in [5.74, 6) is 0.686. The van der Waals surface area contributed by atoms with Gasteiger partial charge in [0.25, 0.3) is 0 Å². The maximum absolute atomic E-state index is 11.9. The molecule has 1 amide bonds. The number of imidazole rings is 1. The molecule has 1 unspecified atom stereocenters. The topological polar surface area (TPSA) is 95.6 Å². The molecule has 2 aromatic rings. The molecule has 1 aliphatic rings. The Balaban J connectivity index is 1.61. The van der Waals surface area contributed by atoms with Gasteiger partial charge in [-0.3, -0.25) is 10.1 Å². The van der Waals surface area contributed by atoms with Gasteiger partial charge in [-0.2, -0.15) is 9.97 Å². The number of H-pyrrole nitrogens is 1. The minimum atomic E-state index is -0.0946. The van der Waals surface area contributed by atoms with E-state index in [9.17, 15) is 4.79 Å². The van der Waals surface area contributed by atoms with E-state index in [1.54, 1.807) is 0 Å². The summed E-state index contributed by atoms with van der Waals surface area (Å²) in [6.07, 6.45) is 3.96. The Labute approximate surface area is 120 Å². The van der Waals surface area contributed by atoms with Gasteiger partial charge in [-0.25, -0.2) is 4.98 Å². The van der Waals surface area contributed by atoms with Crippen LogP contribution in [0.4, 0.5) is 5.95 Å². The second-order valence-electron chi connectivity index (χ2n) is 4.88. The Hall–Kier alpha value is -1.73. The van der Waals surface area contributed by atoms with Crippen molar-refractivity contribution in [2.75, 3.05) is 18.4 Å². The molecular formula is C12H15ClN6O. The number of nitrogens with zero attached hydrogens (tertiary/aromatic N) is 3. The highest BCUT2D eigenvalue weighted by atomic mass is 35.5. The zero-order valence-electron chi connectivity index (χ0n) is 10.8. The third-order valence-electron chi connectivity index (χ3n) is 3.43. The fourth-order valence-electron chi connectivity index (χ4n) is 2.34. The van der Waals surface area contributed by atoms with Gasteiger partial charge in [-0.05, 0) is 31.8 Å². The standard InChI is InChI=1S/C12H15ClN6O/c13-10-9-11(16-6-15-9)19-12(18-10)17-8(20)2-1-7-3-4-14-5-7/h6-7,14H,1-5H2,(H2,15,16,17,18,19,20). The van der Waals surface area contributed by atoms with Crippen LogP contribution in [0.25, 0.3) is 11.2 Å². The van der Waals surface area contributed by atoms with Gasteiger partial charge in [0.15, 0.2) is 10.8 Å². The van der Waals surface area contributed by atoms with Gasteiger partial charge in [0.05, 0.1) is 6.33 Å². The predicted octanol–water partition coefficient (Wildman–Crippen LogP) is 1.33. The van der Waals surface area contributed by atoms with Crippen molar-refractivity contribution >= 4 is 34.6 Å². The van der Waals surface area contributed by atoms with E-state index < -0.39 is 0 Å². The normalized spacial score (nSPS) is 18.6. The molecule has 0 aliphatic carbocycles. The lowest BCUT2D eigenvalue weighted by Gasteiger charge is -2.08. The van der Waals surface area contributed by atoms with Crippen molar-refractivity contribution in [3.8, 4) is 0 Å². The molecule has 106 valence electrons. The highest BCUT2D eigenvalue weighted by molar-refractivity contribution is 6.33. The molecule has 0 saturated carbocycles. The first-order valence-electron chi connectivity index (χ1n) is 6.59. The van der Waals surface area contributed by atoms with E-state index in [2.05, 4.69) is 30.6 Å². The third kappa shape index (κ3) is 2.88. The zero-order valence-corrected chi connectivity index (χ0v) is 11.6. The Morgan fingerprint density at radius 2 is 2.40 bits per heavy atom. The van der Waals surface area contributed by atoms with E-state index in [1.807, 2.05) is 0 Å². The molecule has 1 fully saturated rings. The Bertz CT molecular complexity index is 621. The number of carbonyl (C=O) groups excluding carboxylic acids is 1. The van der Waals surface area contributed by atoms with E-state index in [4.69, 9.17) is 11.6 Å². The summed E-state index contributed by atoms with van der Waals surface area (Å²) in [5.41, 5.74) is 1.02. The third-order valence-corrected chi connectivity index (χ3v) is 3.71. The lowest BCUT2D eigenvalue weighted by Crippen LogP contribution is -2.16. The lowest BCUT2D eigenvalue weighted by atomic mass is 10.0. The predicted molar refractivity (Wildman–Crippen MR) is 75.5 cm³/mol. The van der Waals surface area contributed by atoms with Gasteiger partial charge < -0.3 is 10.3 Å². The largest absolute Gasteiger partial charge is 0.341 e. The number of amides is 1. The second-order valence-corrected chi connectivity index (χ2v) is 5.24. The van der Waals surface area contributed by atoms with Crippen LogP contribution in [0.1, 0.15) is 19.3 Å². The molecule has 3 N–H and O–H groups in total. The Kier molecular flexibility index (Phi) is 3.79. The average Bonchev–Trinajstić information content (AvgIpc) is 3.07. The molecule has 7 nitrogen and oxygen atoms in total. The van der Waals surface area contributed by atoms with E-state index >= 15 is 0 Å². The smallest absolute Gasteiger partial charge is 0.233 e. The number of fused-ring (bicyclic) bond motifs is 1. The number of aromatic amines is 1. The molecule has 20 heavy (non-hydrogen) atoms. The summed E-state index contributed by atoms with van der Waals surface area (Å²) in [7, 11) is 0. The van der Waals surface area contributed by atoms with Gasteiger partial charge in [-0.1, -0.05) is 11.6 Å². The van der Waals surface area contributed by atoms with Crippen LogP contribution in [0.5, 0.6) is 0 Å². The summed E-state index contributed by atoms with van der Waals surface area (Å²) in [5, 5.41) is 6.21. The number of aromatic nitrogens is 4.